The molecular weight excluding hydrogens is 234 g/mol. The van der Waals surface area contributed by atoms with Crippen molar-refractivity contribution >= 4 is 17.3 Å². The molecule has 0 aromatic carbocycles. The first-order chi connectivity index (χ1) is 8.29. The highest BCUT2D eigenvalue weighted by Crippen LogP contribution is 2.18. The third-order valence-electron chi connectivity index (χ3n) is 2.54. The molecule has 0 saturated heterocycles. The summed E-state index contributed by atoms with van der Waals surface area (Å²) in [5, 5.41) is 0.516. The summed E-state index contributed by atoms with van der Waals surface area (Å²) < 4.78 is 0. The van der Waals surface area contributed by atoms with Crippen molar-refractivity contribution in [1.29, 1.82) is 0 Å². The summed E-state index contributed by atoms with van der Waals surface area (Å²) in [5.74, 6) is 0. The fourth-order valence-corrected chi connectivity index (χ4v) is 1.83. The van der Waals surface area contributed by atoms with Crippen LogP contribution in [0.3, 0.4) is 0 Å². The van der Waals surface area contributed by atoms with Crippen molar-refractivity contribution in [1.82, 2.24) is 9.97 Å². The standard InChI is InChI=1S/C13H14ClN3/c1-2-17(10-11-5-3-4-7-15-11)12-6-8-16-13(14)9-12/h3-9H,2,10H2,1H3. The van der Waals surface area contributed by atoms with Gasteiger partial charge >= 0.3 is 0 Å². The highest BCUT2D eigenvalue weighted by molar-refractivity contribution is 6.29. The zero-order valence-electron chi connectivity index (χ0n) is 9.68. The van der Waals surface area contributed by atoms with Crippen molar-refractivity contribution in [3.05, 3.63) is 53.6 Å². The molecule has 0 saturated carbocycles. The maximum absolute atomic E-state index is 5.90. The van der Waals surface area contributed by atoms with E-state index < -0.39 is 0 Å². The molecule has 0 bridgehead atoms. The Kier molecular flexibility index (Phi) is 3.94. The minimum absolute atomic E-state index is 0.516. The Morgan fingerprint density at radius 3 is 2.71 bits per heavy atom. The van der Waals surface area contributed by atoms with Crippen LogP contribution in [0.4, 0.5) is 5.69 Å². The zero-order chi connectivity index (χ0) is 12.1. The van der Waals surface area contributed by atoms with Gasteiger partial charge in [0.15, 0.2) is 0 Å². The van der Waals surface area contributed by atoms with E-state index in [1.807, 2.05) is 36.5 Å². The fourth-order valence-electron chi connectivity index (χ4n) is 1.66. The summed E-state index contributed by atoms with van der Waals surface area (Å²) in [6, 6.07) is 9.76. The van der Waals surface area contributed by atoms with E-state index in [4.69, 9.17) is 11.6 Å². The van der Waals surface area contributed by atoms with Crippen molar-refractivity contribution < 1.29 is 0 Å². The third-order valence-corrected chi connectivity index (χ3v) is 2.74. The molecule has 0 atom stereocenters. The first kappa shape index (κ1) is 11.9. The van der Waals surface area contributed by atoms with Gasteiger partial charge in [0, 0.05) is 24.6 Å². The van der Waals surface area contributed by atoms with Crippen LogP contribution in [0.25, 0.3) is 0 Å². The molecule has 0 aliphatic rings. The van der Waals surface area contributed by atoms with Gasteiger partial charge in [-0.2, -0.15) is 0 Å². The SMILES string of the molecule is CCN(Cc1ccccn1)c1ccnc(Cl)c1. The number of hydrogen-bond acceptors (Lipinski definition) is 3. The van der Waals surface area contributed by atoms with Gasteiger partial charge in [0.2, 0.25) is 0 Å². The Hall–Kier alpha value is -1.61. The Morgan fingerprint density at radius 2 is 2.06 bits per heavy atom. The lowest BCUT2D eigenvalue weighted by Crippen LogP contribution is -2.22. The average Bonchev–Trinajstić information content (AvgIpc) is 2.37. The van der Waals surface area contributed by atoms with Crippen molar-refractivity contribution in [3.63, 3.8) is 0 Å². The molecule has 0 spiro atoms. The molecule has 0 amide bonds. The van der Waals surface area contributed by atoms with E-state index in [2.05, 4.69) is 21.8 Å². The molecule has 2 rings (SSSR count). The normalized spacial score (nSPS) is 10.2. The van der Waals surface area contributed by atoms with Gasteiger partial charge in [-0.15, -0.1) is 0 Å². The van der Waals surface area contributed by atoms with Crippen molar-refractivity contribution in [3.8, 4) is 0 Å². The third kappa shape index (κ3) is 3.17. The predicted octanol–water partition coefficient (Wildman–Crippen LogP) is 3.16. The van der Waals surface area contributed by atoms with Crippen LogP contribution in [-0.4, -0.2) is 16.5 Å². The van der Waals surface area contributed by atoms with E-state index in [-0.39, 0.29) is 0 Å². The maximum Gasteiger partial charge on any atom is 0.131 e. The zero-order valence-corrected chi connectivity index (χ0v) is 10.4. The van der Waals surface area contributed by atoms with Crippen LogP contribution in [-0.2, 0) is 6.54 Å². The largest absolute Gasteiger partial charge is 0.366 e. The molecule has 0 fully saturated rings. The average molecular weight is 248 g/mol. The molecular formula is C13H14ClN3. The summed E-state index contributed by atoms with van der Waals surface area (Å²) in [7, 11) is 0. The lowest BCUT2D eigenvalue weighted by Gasteiger charge is -2.22. The van der Waals surface area contributed by atoms with Crippen LogP contribution in [0.2, 0.25) is 5.15 Å². The second kappa shape index (κ2) is 5.64. The van der Waals surface area contributed by atoms with E-state index in [0.717, 1.165) is 24.5 Å². The van der Waals surface area contributed by atoms with Crippen LogP contribution in [0.5, 0.6) is 0 Å². The van der Waals surface area contributed by atoms with Crippen LogP contribution in [0.1, 0.15) is 12.6 Å². The number of pyridine rings is 2. The second-order valence-corrected chi connectivity index (χ2v) is 4.06. The summed E-state index contributed by atoms with van der Waals surface area (Å²) in [5.41, 5.74) is 2.11. The van der Waals surface area contributed by atoms with Crippen LogP contribution in [0.15, 0.2) is 42.7 Å². The van der Waals surface area contributed by atoms with Crippen LogP contribution in [0, 0.1) is 0 Å². The number of anilines is 1. The summed E-state index contributed by atoms with van der Waals surface area (Å²) in [6.07, 6.45) is 3.53. The highest BCUT2D eigenvalue weighted by atomic mass is 35.5. The van der Waals surface area contributed by atoms with Gasteiger partial charge in [-0.3, -0.25) is 4.98 Å². The minimum atomic E-state index is 0.516. The molecule has 4 heteroatoms. The second-order valence-electron chi connectivity index (χ2n) is 3.67. The number of rotatable bonds is 4. The van der Waals surface area contributed by atoms with E-state index in [1.165, 1.54) is 0 Å². The molecule has 2 aromatic heterocycles. The van der Waals surface area contributed by atoms with E-state index in [9.17, 15) is 0 Å². The number of hydrogen-bond donors (Lipinski definition) is 0. The number of halogens is 1. The van der Waals surface area contributed by atoms with Crippen molar-refractivity contribution in [2.24, 2.45) is 0 Å². The quantitative estimate of drug-likeness (QED) is 0.778. The Balaban J connectivity index is 2.17. The van der Waals surface area contributed by atoms with E-state index in [0.29, 0.717) is 5.15 Å². The molecule has 17 heavy (non-hydrogen) atoms. The Morgan fingerprint density at radius 1 is 1.18 bits per heavy atom. The highest BCUT2D eigenvalue weighted by Gasteiger charge is 2.06. The van der Waals surface area contributed by atoms with Crippen molar-refractivity contribution in [2.75, 3.05) is 11.4 Å². The van der Waals surface area contributed by atoms with Gasteiger partial charge in [-0.1, -0.05) is 17.7 Å². The number of aromatic nitrogens is 2. The van der Waals surface area contributed by atoms with Gasteiger partial charge in [0.25, 0.3) is 0 Å². The van der Waals surface area contributed by atoms with E-state index in [1.54, 1.807) is 6.20 Å². The van der Waals surface area contributed by atoms with Crippen LogP contribution < -0.4 is 4.90 Å². The van der Waals surface area contributed by atoms with Gasteiger partial charge < -0.3 is 4.90 Å². The van der Waals surface area contributed by atoms with Crippen LogP contribution >= 0.6 is 11.6 Å². The number of nitrogens with zero attached hydrogens (tertiary/aromatic N) is 3. The van der Waals surface area contributed by atoms with Gasteiger partial charge in [0.05, 0.1) is 12.2 Å². The van der Waals surface area contributed by atoms with Gasteiger partial charge in [-0.25, -0.2) is 4.98 Å². The first-order valence-corrected chi connectivity index (χ1v) is 5.94. The summed E-state index contributed by atoms with van der Waals surface area (Å²) in [6.45, 7) is 3.78. The molecule has 0 radical (unpaired) electrons. The molecule has 0 aliphatic heterocycles. The van der Waals surface area contributed by atoms with Crippen molar-refractivity contribution in [2.45, 2.75) is 13.5 Å². The molecule has 0 aliphatic carbocycles. The molecule has 88 valence electrons. The topological polar surface area (TPSA) is 29.0 Å². The molecule has 3 nitrogen and oxygen atoms in total. The monoisotopic (exact) mass is 247 g/mol. The molecule has 0 N–H and O–H groups in total. The molecule has 0 unspecified atom stereocenters. The Labute approximate surface area is 106 Å². The summed E-state index contributed by atoms with van der Waals surface area (Å²) in [4.78, 5) is 10.5. The van der Waals surface area contributed by atoms with Gasteiger partial charge in [-0.05, 0) is 31.2 Å². The Bertz CT molecular complexity index is 473. The molecule has 2 heterocycles. The van der Waals surface area contributed by atoms with Gasteiger partial charge in [0.1, 0.15) is 5.15 Å². The fraction of sp³-hybridized carbons (Fsp3) is 0.231. The van der Waals surface area contributed by atoms with E-state index >= 15 is 0 Å². The maximum atomic E-state index is 5.90. The lowest BCUT2D eigenvalue weighted by molar-refractivity contribution is 0.808. The predicted molar refractivity (Wildman–Crippen MR) is 70.2 cm³/mol. The summed E-state index contributed by atoms with van der Waals surface area (Å²) >= 11 is 5.90. The minimum Gasteiger partial charge on any atom is -0.366 e. The first-order valence-electron chi connectivity index (χ1n) is 5.56. The smallest absolute Gasteiger partial charge is 0.131 e. The lowest BCUT2D eigenvalue weighted by atomic mass is 10.3. The molecule has 2 aromatic rings.